The van der Waals surface area contributed by atoms with Gasteiger partial charge in [0.2, 0.25) is 0 Å². The second-order valence-electron chi connectivity index (χ2n) is 3.79. The number of ether oxygens (including phenoxy) is 3. The lowest BCUT2D eigenvalue weighted by Gasteiger charge is -2.04. The average molecular weight is 270 g/mol. The zero-order chi connectivity index (χ0) is 13.9. The number of hydrogen-bond donors (Lipinski definition) is 0. The highest BCUT2D eigenvalue weighted by Crippen LogP contribution is 2.41. The van der Waals surface area contributed by atoms with Gasteiger partial charge in [0, 0.05) is 0 Å². The van der Waals surface area contributed by atoms with Gasteiger partial charge in [0.15, 0.2) is 11.5 Å². The molecule has 0 bridgehead atoms. The molecule has 1 aliphatic rings. The van der Waals surface area contributed by atoms with E-state index in [0.717, 1.165) is 0 Å². The van der Waals surface area contributed by atoms with Crippen LogP contribution in [-0.4, -0.2) is 18.9 Å². The Kier molecular flexibility index (Phi) is 3.69. The van der Waals surface area contributed by atoms with Crippen molar-refractivity contribution in [3.8, 4) is 11.5 Å². The molecule has 1 heterocycles. The Morgan fingerprint density at radius 2 is 2.11 bits per heavy atom. The summed E-state index contributed by atoms with van der Waals surface area (Å²) in [4.78, 5) is 11.1. The molecule has 0 spiro atoms. The molecular formula is C13H12F2O4. The van der Waals surface area contributed by atoms with Crippen molar-refractivity contribution in [3.63, 3.8) is 0 Å². The van der Waals surface area contributed by atoms with Crippen LogP contribution >= 0.6 is 0 Å². The fourth-order valence-electron chi connectivity index (χ4n) is 1.58. The molecule has 1 aromatic carbocycles. The quantitative estimate of drug-likeness (QED) is 0.789. The Labute approximate surface area is 108 Å². The van der Waals surface area contributed by atoms with E-state index in [-0.39, 0.29) is 23.9 Å². The van der Waals surface area contributed by atoms with Gasteiger partial charge in [0.1, 0.15) is 0 Å². The number of carbonyl (C=O) groups is 1. The molecule has 0 unspecified atom stereocenters. The molecule has 0 N–H and O–H groups in total. The number of esters is 1. The zero-order valence-corrected chi connectivity index (χ0v) is 10.2. The molecule has 102 valence electrons. The van der Waals surface area contributed by atoms with Gasteiger partial charge in [0.05, 0.1) is 13.0 Å². The highest BCUT2D eigenvalue weighted by atomic mass is 19.3. The van der Waals surface area contributed by atoms with E-state index in [0.29, 0.717) is 12.2 Å². The minimum atomic E-state index is -3.62. The van der Waals surface area contributed by atoms with E-state index in [2.05, 4.69) is 9.47 Å². The minimum absolute atomic E-state index is 0.00690. The van der Waals surface area contributed by atoms with E-state index in [4.69, 9.17) is 4.74 Å². The van der Waals surface area contributed by atoms with Gasteiger partial charge >= 0.3 is 12.3 Å². The SMILES string of the molecule is CCOC(=O)CC=Cc1ccc2c(c1)OC(F)(F)O2. The van der Waals surface area contributed by atoms with E-state index in [1.165, 1.54) is 12.1 Å². The van der Waals surface area contributed by atoms with Crippen molar-refractivity contribution >= 4 is 12.0 Å². The largest absolute Gasteiger partial charge is 0.586 e. The molecule has 0 radical (unpaired) electrons. The minimum Gasteiger partial charge on any atom is -0.466 e. The molecule has 0 amide bonds. The van der Waals surface area contributed by atoms with Crippen LogP contribution in [0.4, 0.5) is 8.78 Å². The summed E-state index contributed by atoms with van der Waals surface area (Å²) < 4.78 is 38.9. The number of rotatable bonds is 4. The number of hydrogen-bond acceptors (Lipinski definition) is 4. The Morgan fingerprint density at radius 1 is 1.37 bits per heavy atom. The molecule has 0 aliphatic carbocycles. The van der Waals surface area contributed by atoms with Crippen LogP contribution in [0, 0.1) is 0 Å². The maximum Gasteiger partial charge on any atom is 0.586 e. The van der Waals surface area contributed by atoms with Crippen molar-refractivity contribution in [2.75, 3.05) is 6.61 Å². The summed E-state index contributed by atoms with van der Waals surface area (Å²) in [5.74, 6) is -0.373. The fraction of sp³-hybridized carbons (Fsp3) is 0.308. The third-order valence-electron chi connectivity index (χ3n) is 2.33. The second-order valence-corrected chi connectivity index (χ2v) is 3.79. The van der Waals surface area contributed by atoms with E-state index < -0.39 is 6.29 Å². The van der Waals surface area contributed by atoms with Crippen LogP contribution < -0.4 is 9.47 Å². The highest BCUT2D eigenvalue weighted by Gasteiger charge is 2.43. The zero-order valence-electron chi connectivity index (χ0n) is 10.2. The third-order valence-corrected chi connectivity index (χ3v) is 2.33. The molecule has 0 saturated heterocycles. The summed E-state index contributed by atoms with van der Waals surface area (Å²) in [6.07, 6.45) is -0.279. The molecular weight excluding hydrogens is 258 g/mol. The first-order valence-electron chi connectivity index (χ1n) is 5.72. The smallest absolute Gasteiger partial charge is 0.466 e. The maximum atomic E-state index is 12.8. The Hall–Kier alpha value is -2.11. The molecule has 0 fully saturated rings. The van der Waals surface area contributed by atoms with Crippen LogP contribution in [0.1, 0.15) is 18.9 Å². The standard InChI is InChI=1S/C13H12F2O4/c1-2-17-12(16)5-3-4-9-6-7-10-11(8-9)19-13(14,15)18-10/h3-4,6-8H,2,5H2,1H3. The van der Waals surface area contributed by atoms with Crippen molar-refractivity contribution in [1.29, 1.82) is 0 Å². The van der Waals surface area contributed by atoms with Gasteiger partial charge in [0.25, 0.3) is 0 Å². The van der Waals surface area contributed by atoms with E-state index in [9.17, 15) is 13.6 Å². The van der Waals surface area contributed by atoms with Gasteiger partial charge < -0.3 is 14.2 Å². The monoisotopic (exact) mass is 270 g/mol. The van der Waals surface area contributed by atoms with E-state index >= 15 is 0 Å². The molecule has 1 aliphatic heterocycles. The molecule has 6 heteroatoms. The topological polar surface area (TPSA) is 44.8 Å². The normalized spacial score (nSPS) is 15.7. The first-order chi connectivity index (χ1) is 9.00. The first-order valence-corrected chi connectivity index (χ1v) is 5.72. The van der Waals surface area contributed by atoms with Gasteiger partial charge in [-0.1, -0.05) is 18.2 Å². The molecule has 4 nitrogen and oxygen atoms in total. The highest BCUT2D eigenvalue weighted by molar-refractivity contribution is 5.72. The number of fused-ring (bicyclic) bond motifs is 1. The van der Waals surface area contributed by atoms with Crippen molar-refractivity contribution in [3.05, 3.63) is 29.8 Å². The Balaban J connectivity index is 2.00. The number of benzene rings is 1. The van der Waals surface area contributed by atoms with Crippen molar-refractivity contribution in [1.82, 2.24) is 0 Å². The predicted octanol–water partition coefficient (Wildman–Crippen LogP) is 2.97. The lowest BCUT2D eigenvalue weighted by molar-refractivity contribution is -0.286. The summed E-state index contributed by atoms with van der Waals surface area (Å²) in [5, 5.41) is 0. The van der Waals surface area contributed by atoms with Crippen LogP contribution in [0.3, 0.4) is 0 Å². The van der Waals surface area contributed by atoms with Crippen LogP contribution in [0.2, 0.25) is 0 Å². The van der Waals surface area contributed by atoms with Crippen molar-refractivity contribution in [2.45, 2.75) is 19.6 Å². The van der Waals surface area contributed by atoms with Crippen LogP contribution in [0.15, 0.2) is 24.3 Å². The lowest BCUT2D eigenvalue weighted by atomic mass is 10.2. The number of halogens is 2. The molecule has 1 aromatic rings. The summed E-state index contributed by atoms with van der Waals surface area (Å²) in [5.41, 5.74) is 0.629. The lowest BCUT2D eigenvalue weighted by Crippen LogP contribution is -2.25. The average Bonchev–Trinajstić information content (AvgIpc) is 2.62. The molecule has 0 aromatic heterocycles. The number of carbonyl (C=O) groups excluding carboxylic acids is 1. The fourth-order valence-corrected chi connectivity index (χ4v) is 1.58. The van der Waals surface area contributed by atoms with Gasteiger partial charge in [-0.15, -0.1) is 8.78 Å². The van der Waals surface area contributed by atoms with E-state index in [1.807, 2.05) is 0 Å². The molecule has 19 heavy (non-hydrogen) atoms. The van der Waals surface area contributed by atoms with Gasteiger partial charge in [-0.25, -0.2) is 0 Å². The van der Waals surface area contributed by atoms with Crippen molar-refractivity contribution in [2.24, 2.45) is 0 Å². The summed E-state index contributed by atoms with van der Waals surface area (Å²) in [6.45, 7) is 2.05. The summed E-state index contributed by atoms with van der Waals surface area (Å²) in [7, 11) is 0. The van der Waals surface area contributed by atoms with E-state index in [1.54, 1.807) is 25.1 Å². The van der Waals surface area contributed by atoms with Crippen molar-refractivity contribution < 1.29 is 27.8 Å². The summed E-state index contributed by atoms with van der Waals surface area (Å²) in [6, 6.07) is 4.39. The molecule has 0 atom stereocenters. The Bertz CT molecular complexity index is 511. The van der Waals surface area contributed by atoms with Crippen LogP contribution in [0.5, 0.6) is 11.5 Å². The maximum absolute atomic E-state index is 12.8. The molecule has 2 rings (SSSR count). The predicted molar refractivity (Wildman–Crippen MR) is 62.9 cm³/mol. The molecule has 0 saturated carbocycles. The van der Waals surface area contributed by atoms with Crippen LogP contribution in [-0.2, 0) is 9.53 Å². The van der Waals surface area contributed by atoms with Gasteiger partial charge in [-0.2, -0.15) is 0 Å². The van der Waals surface area contributed by atoms with Crippen LogP contribution in [0.25, 0.3) is 6.08 Å². The van der Waals surface area contributed by atoms with Gasteiger partial charge in [-0.3, -0.25) is 4.79 Å². The third kappa shape index (κ3) is 3.43. The summed E-state index contributed by atoms with van der Waals surface area (Å²) >= 11 is 0. The number of alkyl halides is 2. The Morgan fingerprint density at radius 3 is 2.84 bits per heavy atom. The van der Waals surface area contributed by atoms with Gasteiger partial charge in [-0.05, 0) is 24.6 Å². The second kappa shape index (κ2) is 5.26. The first kappa shape index (κ1) is 13.3.